The van der Waals surface area contributed by atoms with Gasteiger partial charge in [-0.15, -0.1) is 0 Å². The Kier molecular flexibility index (Phi) is 4.37. The molecule has 1 aromatic rings. The predicted octanol–water partition coefficient (Wildman–Crippen LogP) is 2.51. The fraction of sp³-hybridized carbons (Fsp3) is 0.700. The second-order valence-electron chi connectivity index (χ2n) is 9.40. The first-order valence-corrected chi connectivity index (χ1v) is 9.76. The summed E-state index contributed by atoms with van der Waals surface area (Å²) in [6.07, 6.45) is 4.46. The van der Waals surface area contributed by atoms with E-state index in [0.29, 0.717) is 17.4 Å². The lowest BCUT2D eigenvalue weighted by molar-refractivity contribution is -0.540. The number of nitrogens with one attached hydrogen (secondary N) is 1. The maximum Gasteiger partial charge on any atom is 0.324 e. The van der Waals surface area contributed by atoms with Gasteiger partial charge in [0.05, 0.1) is 13.0 Å². The van der Waals surface area contributed by atoms with Crippen molar-refractivity contribution in [1.29, 1.82) is 0 Å². The second kappa shape index (κ2) is 6.40. The number of aromatic nitrogens is 1. The summed E-state index contributed by atoms with van der Waals surface area (Å²) in [5.41, 5.74) is -0.188. The normalized spacial score (nSPS) is 36.2. The number of ether oxygens (including phenoxy) is 2. The van der Waals surface area contributed by atoms with Crippen LogP contribution in [-0.4, -0.2) is 40.7 Å². The lowest BCUT2D eigenvalue weighted by atomic mass is 9.39. The molecule has 2 heterocycles. The van der Waals surface area contributed by atoms with Gasteiger partial charge in [-0.05, 0) is 57.4 Å². The summed E-state index contributed by atoms with van der Waals surface area (Å²) >= 11 is 0. The molecule has 152 valence electrons. The molecular weight excluding hydrogens is 362 g/mol. The van der Waals surface area contributed by atoms with Crippen LogP contribution >= 0.6 is 0 Å². The number of methoxy groups -OCH3 is 1. The van der Waals surface area contributed by atoms with Gasteiger partial charge in [0.15, 0.2) is 0 Å². The van der Waals surface area contributed by atoms with Crippen molar-refractivity contribution in [3.8, 4) is 5.88 Å². The average molecular weight is 389 g/mol. The van der Waals surface area contributed by atoms with Crippen molar-refractivity contribution < 1.29 is 19.2 Å². The van der Waals surface area contributed by atoms with E-state index >= 15 is 0 Å². The zero-order valence-electron chi connectivity index (χ0n) is 16.7. The van der Waals surface area contributed by atoms with Gasteiger partial charge in [0.2, 0.25) is 11.9 Å². The summed E-state index contributed by atoms with van der Waals surface area (Å²) in [7, 11) is 1.49. The molecule has 0 aromatic carbocycles. The van der Waals surface area contributed by atoms with Crippen LogP contribution in [0.4, 0.5) is 0 Å². The number of pyridine rings is 1. The Morgan fingerprint density at radius 1 is 1.36 bits per heavy atom. The molecule has 4 fully saturated rings. The van der Waals surface area contributed by atoms with Gasteiger partial charge in [0, 0.05) is 16.7 Å². The van der Waals surface area contributed by atoms with Crippen molar-refractivity contribution in [2.75, 3.05) is 7.11 Å². The molecule has 1 saturated heterocycles. The minimum Gasteiger partial charge on any atom is -0.481 e. The van der Waals surface area contributed by atoms with Crippen LogP contribution in [0.3, 0.4) is 0 Å². The molecule has 1 aliphatic heterocycles. The molecule has 0 amide bonds. The number of rotatable bonds is 5. The highest BCUT2D eigenvalue weighted by atomic mass is 16.6. The molecule has 1 aromatic heterocycles. The minimum atomic E-state index is -0.933. The zero-order chi connectivity index (χ0) is 20.3. The first kappa shape index (κ1) is 19.1. The van der Waals surface area contributed by atoms with Crippen LogP contribution in [0.2, 0.25) is 0 Å². The van der Waals surface area contributed by atoms with Crippen molar-refractivity contribution in [3.05, 3.63) is 34.0 Å². The van der Waals surface area contributed by atoms with E-state index in [2.05, 4.69) is 10.3 Å². The first-order valence-electron chi connectivity index (χ1n) is 9.76. The van der Waals surface area contributed by atoms with Gasteiger partial charge >= 0.3 is 5.97 Å². The smallest absolute Gasteiger partial charge is 0.324 e. The molecule has 3 saturated carbocycles. The fourth-order valence-electron chi connectivity index (χ4n) is 5.39. The summed E-state index contributed by atoms with van der Waals surface area (Å²) in [4.78, 5) is 29.2. The lowest BCUT2D eigenvalue weighted by Gasteiger charge is -2.65. The Morgan fingerprint density at radius 2 is 2.04 bits per heavy atom. The molecule has 8 nitrogen and oxygen atoms in total. The third-order valence-corrected chi connectivity index (χ3v) is 6.45. The van der Waals surface area contributed by atoms with E-state index in [1.165, 1.54) is 7.11 Å². The van der Waals surface area contributed by atoms with Crippen LogP contribution in [0, 0.1) is 27.4 Å². The van der Waals surface area contributed by atoms with Crippen molar-refractivity contribution >= 4 is 5.97 Å². The number of nitrogens with zero attached hydrogens (tertiary/aromatic N) is 2. The molecule has 1 N–H and O–H groups in total. The highest BCUT2D eigenvalue weighted by Gasteiger charge is 2.71. The van der Waals surface area contributed by atoms with Gasteiger partial charge in [0.1, 0.15) is 17.7 Å². The third-order valence-electron chi connectivity index (χ3n) is 6.45. The van der Waals surface area contributed by atoms with E-state index in [4.69, 9.17) is 9.47 Å². The quantitative estimate of drug-likeness (QED) is 0.469. The number of hydrogen-bond donors (Lipinski definition) is 1. The first-order chi connectivity index (χ1) is 13.1. The number of carbonyl (C=O) groups excluding carboxylic acids is 1. The third kappa shape index (κ3) is 2.94. The number of nitro groups is 1. The Labute approximate surface area is 164 Å². The van der Waals surface area contributed by atoms with E-state index in [9.17, 15) is 14.9 Å². The molecule has 3 aliphatic carbocycles. The Balaban J connectivity index is 1.74. The molecule has 8 heteroatoms. The molecule has 28 heavy (non-hydrogen) atoms. The molecule has 4 atom stereocenters. The fourth-order valence-corrected chi connectivity index (χ4v) is 5.39. The SMILES string of the molecule is COc1ncccc1[C@@H]1N[C@H](C(=O)OC(C)(C)C)[C@@H](C23CC(C2)C3)[C@@H]1[N+](=O)[O-]. The maximum absolute atomic E-state index is 13.0. The van der Waals surface area contributed by atoms with Crippen molar-refractivity contribution in [2.45, 2.75) is 63.8 Å². The van der Waals surface area contributed by atoms with Crippen LogP contribution < -0.4 is 10.1 Å². The average Bonchev–Trinajstić information content (AvgIpc) is 2.90. The predicted molar refractivity (Wildman–Crippen MR) is 100 cm³/mol. The van der Waals surface area contributed by atoms with Gasteiger partial charge in [-0.2, -0.15) is 0 Å². The molecule has 0 spiro atoms. The Hall–Kier alpha value is -2.22. The molecule has 0 radical (unpaired) electrons. The van der Waals surface area contributed by atoms with Crippen molar-refractivity contribution in [1.82, 2.24) is 10.3 Å². The minimum absolute atomic E-state index is 0.138. The zero-order valence-corrected chi connectivity index (χ0v) is 16.7. The van der Waals surface area contributed by atoms with E-state index in [1.54, 1.807) is 18.3 Å². The molecule has 4 aliphatic rings. The van der Waals surface area contributed by atoms with Gasteiger partial charge in [-0.3, -0.25) is 20.2 Å². The number of esters is 1. The van der Waals surface area contributed by atoms with Crippen LogP contribution in [0.1, 0.15) is 51.6 Å². The van der Waals surface area contributed by atoms with E-state index in [0.717, 1.165) is 19.3 Å². The van der Waals surface area contributed by atoms with Gasteiger partial charge in [-0.1, -0.05) is 6.07 Å². The van der Waals surface area contributed by atoms with Crippen molar-refractivity contribution in [3.63, 3.8) is 0 Å². The summed E-state index contributed by atoms with van der Waals surface area (Å²) in [5, 5.41) is 15.5. The summed E-state index contributed by atoms with van der Waals surface area (Å²) in [6, 6.07) is 1.20. The van der Waals surface area contributed by atoms with Crippen LogP contribution in [0.15, 0.2) is 18.3 Å². The monoisotopic (exact) mass is 389 g/mol. The Bertz CT molecular complexity index is 788. The van der Waals surface area contributed by atoms with Gasteiger partial charge in [0.25, 0.3) is 0 Å². The summed E-state index contributed by atoms with van der Waals surface area (Å²) in [5.74, 6) is 0.170. The Morgan fingerprint density at radius 3 is 2.54 bits per heavy atom. The van der Waals surface area contributed by atoms with Gasteiger partial charge < -0.3 is 9.47 Å². The highest BCUT2D eigenvalue weighted by Crippen LogP contribution is 2.71. The largest absolute Gasteiger partial charge is 0.481 e. The van der Waals surface area contributed by atoms with E-state index < -0.39 is 35.6 Å². The van der Waals surface area contributed by atoms with E-state index in [-0.39, 0.29) is 10.3 Å². The van der Waals surface area contributed by atoms with Gasteiger partial charge in [-0.25, -0.2) is 4.98 Å². The molecule has 5 rings (SSSR count). The standard InChI is InChI=1S/C20H27N3O5/c1-19(2,3)28-18(24)15-13(20-8-11(9-20)10-20)16(23(25)26)14(22-15)12-6-5-7-21-17(12)27-4/h5-7,11,13-16,22H,8-10H2,1-4H3/t11?,13-,14+,15+,16+,20?/m1/s1. The lowest BCUT2D eigenvalue weighted by Crippen LogP contribution is -2.62. The van der Waals surface area contributed by atoms with Crippen molar-refractivity contribution in [2.24, 2.45) is 17.3 Å². The van der Waals surface area contributed by atoms with Crippen LogP contribution in [0.25, 0.3) is 0 Å². The van der Waals surface area contributed by atoms with Crippen LogP contribution in [0.5, 0.6) is 5.88 Å². The number of carbonyl (C=O) groups is 1. The maximum atomic E-state index is 13.0. The molecule has 0 unspecified atom stereocenters. The highest BCUT2D eigenvalue weighted by molar-refractivity contribution is 5.78. The van der Waals surface area contributed by atoms with E-state index in [1.807, 2.05) is 20.8 Å². The molecular formula is C20H27N3O5. The summed E-state index contributed by atoms with van der Waals surface area (Å²) in [6.45, 7) is 5.42. The topological polar surface area (TPSA) is 104 Å². The second-order valence-corrected chi connectivity index (χ2v) is 9.40. The number of hydrogen-bond acceptors (Lipinski definition) is 7. The summed E-state index contributed by atoms with van der Waals surface area (Å²) < 4.78 is 11.0. The molecule has 2 bridgehead atoms. The van der Waals surface area contributed by atoms with Crippen LogP contribution in [-0.2, 0) is 9.53 Å².